The second-order valence-corrected chi connectivity index (χ2v) is 7.57. The molecule has 2 saturated heterocycles. The molecule has 0 spiro atoms. The molecule has 2 aromatic rings. The molecule has 4 heterocycles. The Morgan fingerprint density at radius 1 is 1.23 bits per heavy atom. The van der Waals surface area contributed by atoms with E-state index in [1.165, 1.54) is 19.3 Å². The maximum Gasteiger partial charge on any atom is 0.241 e. The number of hydrazine groups is 1. The predicted molar refractivity (Wildman–Crippen MR) is 95.7 cm³/mol. The van der Waals surface area contributed by atoms with Gasteiger partial charge in [-0.1, -0.05) is 6.42 Å². The lowest BCUT2D eigenvalue weighted by atomic mass is 9.85. The van der Waals surface area contributed by atoms with Crippen LogP contribution in [0.2, 0.25) is 0 Å². The summed E-state index contributed by atoms with van der Waals surface area (Å²) in [5.74, 6) is 2.57. The predicted octanol–water partition coefficient (Wildman–Crippen LogP) is -0.0947. The molecule has 1 amide bonds. The summed E-state index contributed by atoms with van der Waals surface area (Å²) in [5, 5.41) is 13.3. The van der Waals surface area contributed by atoms with Crippen molar-refractivity contribution in [3.8, 4) is 0 Å². The Kier molecular flexibility index (Phi) is 3.79. The average molecular weight is 356 g/mol. The second kappa shape index (κ2) is 6.17. The second-order valence-electron chi connectivity index (χ2n) is 7.57. The molecule has 1 saturated carbocycles. The largest absolute Gasteiger partial charge is 0.351 e. The Hall–Kier alpha value is -2.26. The number of nitrogens with one attached hydrogen (secondary N) is 2. The van der Waals surface area contributed by atoms with Crippen molar-refractivity contribution >= 4 is 17.4 Å². The fraction of sp³-hybridized carbons (Fsp3) is 0.647. The van der Waals surface area contributed by atoms with Gasteiger partial charge < -0.3 is 9.80 Å². The van der Waals surface area contributed by atoms with Crippen molar-refractivity contribution in [2.24, 2.45) is 0 Å². The van der Waals surface area contributed by atoms with Gasteiger partial charge in [-0.05, 0) is 31.4 Å². The number of fused-ring (bicyclic) bond motifs is 1. The zero-order chi connectivity index (χ0) is 17.7. The maximum absolute atomic E-state index is 12.5. The maximum atomic E-state index is 12.5. The summed E-state index contributed by atoms with van der Waals surface area (Å²) in [6, 6.07) is 4.10. The molecule has 9 nitrogen and oxygen atoms in total. The number of anilines is 1. The van der Waals surface area contributed by atoms with Crippen LogP contribution in [0.15, 0.2) is 12.1 Å². The molecule has 0 bridgehead atoms. The molecule has 1 aliphatic carbocycles. The van der Waals surface area contributed by atoms with E-state index in [1.807, 2.05) is 28.6 Å². The van der Waals surface area contributed by atoms with E-state index in [9.17, 15) is 4.79 Å². The summed E-state index contributed by atoms with van der Waals surface area (Å²) in [4.78, 5) is 16.6. The Balaban J connectivity index is 1.27. The standard InChI is InChI=1S/C17H24N8O/c1-23(17(26)13-7-8-18-19-13)12-9-24(10-12)15-6-5-14-20-21-16(25(14)22-15)11-3-2-4-11/h5-6,11-13,18-19H,2-4,7-10H2,1H3. The number of hydrogen-bond acceptors (Lipinski definition) is 7. The van der Waals surface area contributed by atoms with Gasteiger partial charge in [-0.25, -0.2) is 5.43 Å². The highest BCUT2D eigenvalue weighted by Gasteiger charge is 2.36. The van der Waals surface area contributed by atoms with Gasteiger partial charge >= 0.3 is 0 Å². The fourth-order valence-electron chi connectivity index (χ4n) is 3.87. The Labute approximate surface area is 151 Å². The zero-order valence-electron chi connectivity index (χ0n) is 14.9. The summed E-state index contributed by atoms with van der Waals surface area (Å²) in [6.45, 7) is 2.46. The van der Waals surface area contributed by atoms with Gasteiger partial charge in [-0.2, -0.15) is 4.52 Å². The third kappa shape index (κ3) is 2.53. The molecule has 26 heavy (non-hydrogen) atoms. The SMILES string of the molecule is CN(C(=O)C1CCNN1)C1CN(c2ccc3nnc(C4CCC4)n3n2)C1. The van der Waals surface area contributed by atoms with Gasteiger partial charge in [0.2, 0.25) is 5.91 Å². The number of nitrogens with zero attached hydrogens (tertiary/aromatic N) is 6. The van der Waals surface area contributed by atoms with Crippen LogP contribution in [0.25, 0.3) is 5.65 Å². The number of carbonyl (C=O) groups is 1. The van der Waals surface area contributed by atoms with E-state index in [1.54, 1.807) is 0 Å². The van der Waals surface area contributed by atoms with Crippen molar-refractivity contribution < 1.29 is 4.79 Å². The van der Waals surface area contributed by atoms with Gasteiger partial charge in [0, 0.05) is 32.6 Å². The lowest BCUT2D eigenvalue weighted by Gasteiger charge is -2.45. The quantitative estimate of drug-likeness (QED) is 0.791. The summed E-state index contributed by atoms with van der Waals surface area (Å²) in [5.41, 5.74) is 6.87. The van der Waals surface area contributed by atoms with Crippen molar-refractivity contribution in [1.29, 1.82) is 0 Å². The van der Waals surface area contributed by atoms with Gasteiger partial charge in [0.05, 0.1) is 6.04 Å². The normalized spacial score (nSPS) is 23.9. The average Bonchev–Trinajstić information content (AvgIpc) is 3.21. The molecular formula is C17H24N8O. The number of amides is 1. The van der Waals surface area contributed by atoms with Gasteiger partial charge in [0.15, 0.2) is 11.5 Å². The number of likely N-dealkylation sites (N-methyl/N-ethyl adjacent to an activating group) is 1. The molecule has 2 aliphatic heterocycles. The summed E-state index contributed by atoms with van der Waals surface area (Å²) in [6.07, 6.45) is 4.46. The molecule has 138 valence electrons. The minimum atomic E-state index is -0.106. The van der Waals surface area contributed by atoms with Crippen LogP contribution < -0.4 is 15.8 Å². The molecular weight excluding hydrogens is 332 g/mol. The highest BCUT2D eigenvalue weighted by molar-refractivity contribution is 5.82. The van der Waals surface area contributed by atoms with E-state index in [2.05, 4.69) is 25.9 Å². The summed E-state index contributed by atoms with van der Waals surface area (Å²) < 4.78 is 1.90. The summed E-state index contributed by atoms with van der Waals surface area (Å²) in [7, 11) is 1.90. The lowest BCUT2D eigenvalue weighted by Crippen LogP contribution is -2.62. The van der Waals surface area contributed by atoms with E-state index >= 15 is 0 Å². The molecule has 2 N–H and O–H groups in total. The highest BCUT2D eigenvalue weighted by Crippen LogP contribution is 2.35. The smallest absolute Gasteiger partial charge is 0.241 e. The highest BCUT2D eigenvalue weighted by atomic mass is 16.2. The van der Waals surface area contributed by atoms with Crippen LogP contribution in [-0.2, 0) is 4.79 Å². The van der Waals surface area contributed by atoms with Gasteiger partial charge in [0.25, 0.3) is 0 Å². The van der Waals surface area contributed by atoms with E-state index in [-0.39, 0.29) is 18.0 Å². The molecule has 2 aromatic heterocycles. The van der Waals surface area contributed by atoms with Crippen LogP contribution in [0.3, 0.4) is 0 Å². The topological polar surface area (TPSA) is 90.7 Å². The molecule has 3 aliphatic rings. The molecule has 9 heteroatoms. The minimum absolute atomic E-state index is 0.106. The van der Waals surface area contributed by atoms with Crippen LogP contribution in [0.1, 0.15) is 37.4 Å². The van der Waals surface area contributed by atoms with Crippen LogP contribution >= 0.6 is 0 Å². The first-order valence-electron chi connectivity index (χ1n) is 9.43. The van der Waals surface area contributed by atoms with E-state index < -0.39 is 0 Å². The summed E-state index contributed by atoms with van der Waals surface area (Å²) >= 11 is 0. The van der Waals surface area contributed by atoms with Crippen molar-refractivity contribution in [3.05, 3.63) is 18.0 Å². The lowest BCUT2D eigenvalue weighted by molar-refractivity contribution is -0.134. The van der Waals surface area contributed by atoms with Crippen LogP contribution in [0, 0.1) is 0 Å². The third-order valence-corrected chi connectivity index (χ3v) is 5.96. The first-order valence-corrected chi connectivity index (χ1v) is 9.43. The Morgan fingerprint density at radius 3 is 2.77 bits per heavy atom. The molecule has 3 fully saturated rings. The minimum Gasteiger partial charge on any atom is -0.351 e. The van der Waals surface area contributed by atoms with Crippen molar-refractivity contribution in [3.63, 3.8) is 0 Å². The molecule has 1 atom stereocenters. The van der Waals surface area contributed by atoms with Gasteiger partial charge in [-0.3, -0.25) is 10.2 Å². The van der Waals surface area contributed by atoms with Crippen molar-refractivity contribution in [2.45, 2.75) is 43.7 Å². The monoisotopic (exact) mass is 356 g/mol. The van der Waals surface area contributed by atoms with Gasteiger partial charge in [-0.15, -0.1) is 15.3 Å². The van der Waals surface area contributed by atoms with E-state index in [0.717, 1.165) is 43.3 Å². The fourth-order valence-corrected chi connectivity index (χ4v) is 3.87. The van der Waals surface area contributed by atoms with Crippen molar-refractivity contribution in [2.75, 3.05) is 31.6 Å². The molecule has 1 unspecified atom stereocenters. The first-order chi connectivity index (χ1) is 12.7. The Morgan fingerprint density at radius 2 is 2.08 bits per heavy atom. The molecule has 0 radical (unpaired) electrons. The van der Waals surface area contributed by atoms with E-state index in [0.29, 0.717) is 5.92 Å². The molecule has 5 rings (SSSR count). The first kappa shape index (κ1) is 16.0. The Bertz CT molecular complexity index is 819. The third-order valence-electron chi connectivity index (χ3n) is 5.96. The van der Waals surface area contributed by atoms with Crippen LogP contribution in [-0.4, -0.2) is 69.4 Å². The van der Waals surface area contributed by atoms with Crippen molar-refractivity contribution in [1.82, 2.24) is 35.6 Å². The number of rotatable bonds is 4. The zero-order valence-corrected chi connectivity index (χ0v) is 14.9. The van der Waals surface area contributed by atoms with Gasteiger partial charge in [0.1, 0.15) is 11.9 Å². The number of aromatic nitrogens is 4. The van der Waals surface area contributed by atoms with Crippen LogP contribution in [0.4, 0.5) is 5.82 Å². The van der Waals surface area contributed by atoms with Crippen LogP contribution in [0.5, 0.6) is 0 Å². The number of carbonyl (C=O) groups excluding carboxylic acids is 1. The molecule has 0 aromatic carbocycles. The van der Waals surface area contributed by atoms with E-state index in [4.69, 9.17) is 5.10 Å². The number of hydrogen-bond donors (Lipinski definition) is 2.